The minimum absolute atomic E-state index is 0.125. The van der Waals surface area contributed by atoms with Gasteiger partial charge in [-0.05, 0) is 11.6 Å². The van der Waals surface area contributed by atoms with Crippen molar-refractivity contribution in [3.05, 3.63) is 38.3 Å². The Morgan fingerprint density at radius 3 is 2.44 bits per heavy atom. The Hall–Kier alpha value is -1.28. The molecule has 2 unspecified atom stereocenters. The molecular weight excluding hydrogens is 372 g/mol. The maximum atomic E-state index is 11.7. The smallest absolute Gasteiger partial charge is 0.269 e. The number of nitrogens with one attached hydrogen (secondary N) is 1. The van der Waals surface area contributed by atoms with Crippen LogP contribution in [0.1, 0.15) is 11.5 Å². The first-order chi connectivity index (χ1) is 8.41. The van der Waals surface area contributed by atoms with E-state index in [2.05, 4.69) is 37.2 Å². The number of benzene rings is 1. The molecule has 1 aliphatic rings. The minimum atomic E-state index is -0.772. The van der Waals surface area contributed by atoms with Gasteiger partial charge in [-0.2, -0.15) is 0 Å². The highest BCUT2D eigenvalue weighted by molar-refractivity contribution is 9.10. The lowest BCUT2D eigenvalue weighted by molar-refractivity contribution is -0.384. The first-order valence-electron chi connectivity index (χ1n) is 4.84. The highest BCUT2D eigenvalue weighted by atomic mass is 79.9. The number of hydrogen-bond donors (Lipinski definition) is 1. The Kier molecular flexibility index (Phi) is 3.49. The molecule has 94 valence electrons. The summed E-state index contributed by atoms with van der Waals surface area (Å²) in [4.78, 5) is 32.5. The monoisotopic (exact) mass is 376 g/mol. The van der Waals surface area contributed by atoms with Gasteiger partial charge in [0.2, 0.25) is 11.8 Å². The molecule has 0 radical (unpaired) electrons. The summed E-state index contributed by atoms with van der Waals surface area (Å²) in [7, 11) is 0. The molecule has 1 N–H and O–H groups in total. The second-order valence-corrected chi connectivity index (χ2v) is 5.54. The fraction of sp³-hybridized carbons (Fsp3) is 0.200. The van der Waals surface area contributed by atoms with Crippen molar-refractivity contribution in [3.8, 4) is 0 Å². The second-order valence-electron chi connectivity index (χ2n) is 3.70. The van der Waals surface area contributed by atoms with Crippen molar-refractivity contribution < 1.29 is 14.5 Å². The third-order valence-electron chi connectivity index (χ3n) is 2.60. The summed E-state index contributed by atoms with van der Waals surface area (Å²) in [6.07, 6.45) is 0. The normalized spacial score (nSPS) is 23.0. The Morgan fingerprint density at radius 1 is 1.28 bits per heavy atom. The molecule has 0 aliphatic carbocycles. The van der Waals surface area contributed by atoms with E-state index in [1.54, 1.807) is 0 Å². The quantitative estimate of drug-likeness (QED) is 0.368. The van der Waals surface area contributed by atoms with Crippen molar-refractivity contribution in [3.63, 3.8) is 0 Å². The zero-order valence-corrected chi connectivity index (χ0v) is 11.9. The van der Waals surface area contributed by atoms with Crippen LogP contribution in [0.15, 0.2) is 22.7 Å². The van der Waals surface area contributed by atoms with E-state index in [0.717, 1.165) is 0 Å². The number of rotatable bonds is 2. The summed E-state index contributed by atoms with van der Waals surface area (Å²) in [5, 5.41) is 12.9. The Bertz CT molecular complexity index is 561. The first kappa shape index (κ1) is 13.2. The summed E-state index contributed by atoms with van der Waals surface area (Å²) in [5.41, 5.74) is 0.287. The third-order valence-corrected chi connectivity index (χ3v) is 4.26. The lowest BCUT2D eigenvalue weighted by Crippen LogP contribution is -2.22. The van der Waals surface area contributed by atoms with Crippen LogP contribution >= 0.6 is 31.9 Å². The summed E-state index contributed by atoms with van der Waals surface area (Å²) < 4.78 is 0.549. The standard InChI is InChI=1S/C10H6Br2N2O4/c11-6-2-1-4(14(17)18)3-5(6)7-8(12)10(16)13-9(7)15/h1-3,7-8H,(H,13,15,16). The van der Waals surface area contributed by atoms with Crippen LogP contribution in [-0.4, -0.2) is 21.6 Å². The van der Waals surface area contributed by atoms with Gasteiger partial charge in [-0.15, -0.1) is 0 Å². The van der Waals surface area contributed by atoms with Crippen LogP contribution in [-0.2, 0) is 9.59 Å². The van der Waals surface area contributed by atoms with E-state index in [1.807, 2.05) is 0 Å². The zero-order chi connectivity index (χ0) is 13.4. The van der Waals surface area contributed by atoms with Crippen LogP contribution in [0.5, 0.6) is 0 Å². The molecule has 1 fully saturated rings. The number of hydrogen-bond acceptors (Lipinski definition) is 4. The predicted molar refractivity (Wildman–Crippen MR) is 69.4 cm³/mol. The average Bonchev–Trinajstić information content (AvgIpc) is 2.54. The summed E-state index contributed by atoms with van der Waals surface area (Å²) >= 11 is 6.35. The molecule has 0 saturated carbocycles. The number of amides is 2. The van der Waals surface area contributed by atoms with E-state index in [1.165, 1.54) is 18.2 Å². The molecule has 2 amide bonds. The van der Waals surface area contributed by atoms with Crippen LogP contribution in [0.3, 0.4) is 0 Å². The molecule has 0 spiro atoms. The van der Waals surface area contributed by atoms with Gasteiger partial charge in [0.15, 0.2) is 0 Å². The van der Waals surface area contributed by atoms with Crippen LogP contribution in [0, 0.1) is 10.1 Å². The van der Waals surface area contributed by atoms with Crippen molar-refractivity contribution in [1.29, 1.82) is 0 Å². The second kappa shape index (κ2) is 4.77. The summed E-state index contributed by atoms with van der Waals surface area (Å²) in [6.45, 7) is 0. The molecular formula is C10H6Br2N2O4. The topological polar surface area (TPSA) is 89.3 Å². The third kappa shape index (κ3) is 2.17. The molecule has 0 aromatic heterocycles. The van der Waals surface area contributed by atoms with Gasteiger partial charge in [-0.1, -0.05) is 31.9 Å². The van der Waals surface area contributed by atoms with Crippen LogP contribution < -0.4 is 5.32 Å². The maximum absolute atomic E-state index is 11.7. The zero-order valence-electron chi connectivity index (χ0n) is 8.72. The SMILES string of the molecule is O=C1NC(=O)C(c2cc([N+](=O)[O-])ccc2Br)C1Br. The molecule has 18 heavy (non-hydrogen) atoms. The number of nitro groups is 1. The van der Waals surface area contributed by atoms with Crippen molar-refractivity contribution in [1.82, 2.24) is 5.32 Å². The van der Waals surface area contributed by atoms with Crippen molar-refractivity contribution in [2.75, 3.05) is 0 Å². The molecule has 1 aliphatic heterocycles. The minimum Gasteiger partial charge on any atom is -0.295 e. The number of nitro benzene ring substituents is 1. The molecule has 6 nitrogen and oxygen atoms in total. The largest absolute Gasteiger partial charge is 0.295 e. The van der Waals surface area contributed by atoms with Gasteiger partial charge in [0.05, 0.1) is 10.8 Å². The molecule has 8 heteroatoms. The number of non-ortho nitro benzene ring substituents is 1. The van der Waals surface area contributed by atoms with E-state index in [9.17, 15) is 19.7 Å². The average molecular weight is 378 g/mol. The number of carbonyl (C=O) groups is 2. The van der Waals surface area contributed by atoms with Gasteiger partial charge < -0.3 is 0 Å². The molecule has 1 aromatic carbocycles. The molecule has 1 aromatic rings. The molecule has 0 bridgehead atoms. The van der Waals surface area contributed by atoms with Gasteiger partial charge in [0.1, 0.15) is 4.83 Å². The van der Waals surface area contributed by atoms with Gasteiger partial charge in [0, 0.05) is 16.6 Å². The lowest BCUT2D eigenvalue weighted by Gasteiger charge is -2.11. The Morgan fingerprint density at radius 2 is 1.94 bits per heavy atom. The van der Waals surface area contributed by atoms with E-state index in [-0.39, 0.29) is 5.69 Å². The molecule has 1 saturated heterocycles. The lowest BCUT2D eigenvalue weighted by atomic mass is 9.97. The number of imide groups is 1. The van der Waals surface area contributed by atoms with E-state index in [4.69, 9.17) is 0 Å². The maximum Gasteiger partial charge on any atom is 0.269 e. The van der Waals surface area contributed by atoms with E-state index >= 15 is 0 Å². The van der Waals surface area contributed by atoms with E-state index < -0.39 is 27.5 Å². The van der Waals surface area contributed by atoms with Crippen LogP contribution in [0.25, 0.3) is 0 Å². The van der Waals surface area contributed by atoms with Crippen molar-refractivity contribution in [2.24, 2.45) is 0 Å². The Balaban J connectivity index is 2.50. The van der Waals surface area contributed by atoms with Crippen LogP contribution in [0.4, 0.5) is 5.69 Å². The number of halogens is 2. The highest BCUT2D eigenvalue weighted by Crippen LogP contribution is 2.36. The highest BCUT2D eigenvalue weighted by Gasteiger charge is 2.42. The van der Waals surface area contributed by atoms with Crippen molar-refractivity contribution in [2.45, 2.75) is 10.7 Å². The summed E-state index contributed by atoms with van der Waals surface area (Å²) in [6, 6.07) is 4.11. The molecule has 2 rings (SSSR count). The summed E-state index contributed by atoms with van der Waals surface area (Å²) in [5.74, 6) is -1.68. The number of alkyl halides is 1. The van der Waals surface area contributed by atoms with Gasteiger partial charge in [0.25, 0.3) is 5.69 Å². The van der Waals surface area contributed by atoms with E-state index in [0.29, 0.717) is 10.0 Å². The van der Waals surface area contributed by atoms with Crippen LogP contribution in [0.2, 0.25) is 0 Å². The van der Waals surface area contributed by atoms with Gasteiger partial charge >= 0.3 is 0 Å². The van der Waals surface area contributed by atoms with Crippen molar-refractivity contribution >= 4 is 49.4 Å². The van der Waals surface area contributed by atoms with Gasteiger partial charge in [-0.3, -0.25) is 25.0 Å². The fourth-order valence-electron chi connectivity index (χ4n) is 1.73. The Labute approximate surface area is 118 Å². The van der Waals surface area contributed by atoms with Gasteiger partial charge in [-0.25, -0.2) is 0 Å². The molecule has 2 atom stereocenters. The first-order valence-corrected chi connectivity index (χ1v) is 6.55. The predicted octanol–water partition coefficient (Wildman–Crippen LogP) is 1.86. The number of nitrogens with zero attached hydrogens (tertiary/aromatic N) is 1. The number of carbonyl (C=O) groups excluding carboxylic acids is 2. The molecule has 1 heterocycles. The fourth-order valence-corrected chi connectivity index (χ4v) is 2.87.